The summed E-state index contributed by atoms with van der Waals surface area (Å²) in [6.45, 7) is 10.2. The van der Waals surface area contributed by atoms with Crippen molar-refractivity contribution in [1.29, 1.82) is 0 Å². The van der Waals surface area contributed by atoms with Gasteiger partial charge in [-0.15, -0.1) is 0 Å². The lowest BCUT2D eigenvalue weighted by Crippen LogP contribution is -2.18. The maximum absolute atomic E-state index is 11.8. The van der Waals surface area contributed by atoms with E-state index in [1.807, 2.05) is 13.8 Å². The van der Waals surface area contributed by atoms with Crippen molar-refractivity contribution in [3.8, 4) is 0 Å². The number of aromatic nitrogens is 2. The molecule has 0 spiro atoms. The third-order valence-corrected chi connectivity index (χ3v) is 2.86. The molecule has 0 bridgehead atoms. The van der Waals surface area contributed by atoms with Crippen LogP contribution in [0.1, 0.15) is 46.4 Å². The molecule has 0 aliphatic rings. The average molecular weight is 261 g/mol. The summed E-state index contributed by atoms with van der Waals surface area (Å²) < 4.78 is 2.30. The molecular weight excluding hydrogens is 244 g/mol. The lowest BCUT2D eigenvalue weighted by atomic mass is 9.93. The van der Waals surface area contributed by atoms with Gasteiger partial charge >= 0.3 is 0 Å². The van der Waals surface area contributed by atoms with Crippen molar-refractivity contribution in [1.82, 2.24) is 9.78 Å². The number of H-pyrrole nitrogens is 1. The van der Waals surface area contributed by atoms with E-state index in [2.05, 4.69) is 41.8 Å². The lowest BCUT2D eigenvalue weighted by molar-refractivity contribution is 0.486. The minimum Gasteiger partial charge on any atom is -0.298 e. The molecule has 0 radical (unpaired) electrons. The van der Waals surface area contributed by atoms with Crippen LogP contribution in [0.2, 0.25) is 0 Å². The second-order valence-corrected chi connectivity index (χ2v) is 5.61. The van der Waals surface area contributed by atoms with Crippen LogP contribution in [0.4, 0.5) is 0 Å². The van der Waals surface area contributed by atoms with E-state index < -0.39 is 0 Å². The molecule has 1 N–H and O–H groups in total. The number of rotatable bonds is 1. The van der Waals surface area contributed by atoms with Crippen LogP contribution in [0.15, 0.2) is 9.27 Å². The Morgan fingerprint density at radius 2 is 1.86 bits per heavy atom. The second kappa shape index (κ2) is 3.57. The van der Waals surface area contributed by atoms with Crippen molar-refractivity contribution in [3.05, 3.63) is 20.5 Å². The topological polar surface area (TPSA) is 37.8 Å². The first kappa shape index (κ1) is 11.6. The zero-order chi connectivity index (χ0) is 11.1. The third kappa shape index (κ3) is 1.95. The molecule has 0 saturated heterocycles. The highest BCUT2D eigenvalue weighted by molar-refractivity contribution is 9.10. The van der Waals surface area contributed by atoms with E-state index in [-0.39, 0.29) is 17.0 Å². The molecule has 0 aliphatic carbocycles. The molecule has 1 rings (SSSR count). The molecular formula is C10H17BrN2O. The molecule has 0 aromatic carbocycles. The van der Waals surface area contributed by atoms with E-state index in [0.29, 0.717) is 4.47 Å². The van der Waals surface area contributed by atoms with Crippen molar-refractivity contribution < 1.29 is 0 Å². The molecule has 80 valence electrons. The average Bonchev–Trinajstić information content (AvgIpc) is 2.28. The van der Waals surface area contributed by atoms with Gasteiger partial charge in [0.2, 0.25) is 0 Å². The normalized spacial score (nSPS) is 12.5. The van der Waals surface area contributed by atoms with Gasteiger partial charge in [-0.25, -0.2) is 4.68 Å². The van der Waals surface area contributed by atoms with Crippen LogP contribution in [-0.2, 0) is 5.41 Å². The van der Waals surface area contributed by atoms with Gasteiger partial charge < -0.3 is 0 Å². The summed E-state index contributed by atoms with van der Waals surface area (Å²) in [4.78, 5) is 11.8. The van der Waals surface area contributed by atoms with Crippen molar-refractivity contribution in [2.45, 2.75) is 46.1 Å². The van der Waals surface area contributed by atoms with E-state index >= 15 is 0 Å². The van der Waals surface area contributed by atoms with Crippen LogP contribution >= 0.6 is 15.9 Å². The van der Waals surface area contributed by atoms with Gasteiger partial charge in [0.05, 0.1) is 5.69 Å². The van der Waals surface area contributed by atoms with Gasteiger partial charge in [-0.1, -0.05) is 20.8 Å². The molecule has 0 aliphatic heterocycles. The Morgan fingerprint density at radius 3 is 2.07 bits per heavy atom. The standard InChI is InChI=1S/C10H17BrN2O/c1-6(2)13-9(14)7(11)8(12-13)10(3,4)5/h6,12H,1-5H3. The summed E-state index contributed by atoms with van der Waals surface area (Å²) >= 11 is 3.34. The van der Waals surface area contributed by atoms with Crippen molar-refractivity contribution >= 4 is 15.9 Å². The van der Waals surface area contributed by atoms with Crippen molar-refractivity contribution in [3.63, 3.8) is 0 Å². The van der Waals surface area contributed by atoms with Crippen LogP contribution in [0.3, 0.4) is 0 Å². The molecule has 3 nitrogen and oxygen atoms in total. The first-order chi connectivity index (χ1) is 6.25. The number of hydrogen-bond donors (Lipinski definition) is 1. The van der Waals surface area contributed by atoms with Gasteiger partial charge in [-0.05, 0) is 29.8 Å². The highest BCUT2D eigenvalue weighted by Crippen LogP contribution is 2.26. The SMILES string of the molecule is CC(C)n1[nH]c(C(C)(C)C)c(Br)c1=O. The number of nitrogens with one attached hydrogen (secondary N) is 1. The second-order valence-electron chi connectivity index (χ2n) is 4.82. The van der Waals surface area contributed by atoms with E-state index in [1.54, 1.807) is 4.68 Å². The zero-order valence-electron chi connectivity index (χ0n) is 9.31. The summed E-state index contributed by atoms with van der Waals surface area (Å²) in [5, 5.41) is 3.15. The van der Waals surface area contributed by atoms with Gasteiger partial charge in [-0.3, -0.25) is 9.89 Å². The monoisotopic (exact) mass is 260 g/mol. The number of nitrogens with zero attached hydrogens (tertiary/aromatic N) is 1. The fourth-order valence-corrected chi connectivity index (χ4v) is 2.17. The number of hydrogen-bond acceptors (Lipinski definition) is 1. The molecule has 0 saturated carbocycles. The van der Waals surface area contributed by atoms with E-state index in [1.165, 1.54) is 0 Å². The molecule has 1 heterocycles. The minimum atomic E-state index is -0.0435. The molecule has 1 aromatic heterocycles. The summed E-state index contributed by atoms with van der Waals surface area (Å²) in [5.41, 5.74) is 0.930. The Hall–Kier alpha value is -0.510. The van der Waals surface area contributed by atoms with E-state index in [4.69, 9.17) is 0 Å². The zero-order valence-corrected chi connectivity index (χ0v) is 10.9. The molecule has 0 unspecified atom stereocenters. The Morgan fingerprint density at radius 1 is 1.36 bits per heavy atom. The van der Waals surface area contributed by atoms with Crippen molar-refractivity contribution in [2.24, 2.45) is 0 Å². The van der Waals surface area contributed by atoms with Crippen LogP contribution < -0.4 is 5.56 Å². The van der Waals surface area contributed by atoms with Crippen LogP contribution in [0, 0.1) is 0 Å². The quantitative estimate of drug-likeness (QED) is 0.829. The summed E-state index contributed by atoms with van der Waals surface area (Å²) in [6.07, 6.45) is 0. The predicted octanol–water partition coefficient (Wildman–Crippen LogP) is 2.82. The Kier molecular flexibility index (Phi) is 2.95. The Labute approximate surface area is 92.6 Å². The van der Waals surface area contributed by atoms with Gasteiger partial charge in [0.1, 0.15) is 4.47 Å². The van der Waals surface area contributed by atoms with E-state index in [0.717, 1.165) is 5.69 Å². The molecule has 0 fully saturated rings. The van der Waals surface area contributed by atoms with Gasteiger partial charge in [0.25, 0.3) is 5.56 Å². The smallest absolute Gasteiger partial charge is 0.281 e. The Bertz CT molecular complexity index is 382. The predicted molar refractivity (Wildman–Crippen MR) is 61.8 cm³/mol. The van der Waals surface area contributed by atoms with Crippen LogP contribution in [-0.4, -0.2) is 9.78 Å². The Balaban J connectivity index is 3.37. The number of halogens is 1. The molecule has 1 aromatic rings. The summed E-state index contributed by atoms with van der Waals surface area (Å²) in [7, 11) is 0. The van der Waals surface area contributed by atoms with Gasteiger partial charge in [0.15, 0.2) is 0 Å². The molecule has 0 atom stereocenters. The first-order valence-electron chi connectivity index (χ1n) is 4.75. The number of aromatic amines is 1. The molecule has 14 heavy (non-hydrogen) atoms. The van der Waals surface area contributed by atoms with Crippen LogP contribution in [0.25, 0.3) is 0 Å². The largest absolute Gasteiger partial charge is 0.298 e. The molecule has 0 amide bonds. The summed E-state index contributed by atoms with van der Waals surface area (Å²) in [5.74, 6) is 0. The van der Waals surface area contributed by atoms with Gasteiger partial charge in [0, 0.05) is 11.5 Å². The minimum absolute atomic E-state index is 0.0184. The van der Waals surface area contributed by atoms with Crippen LogP contribution in [0.5, 0.6) is 0 Å². The highest BCUT2D eigenvalue weighted by atomic mass is 79.9. The molecule has 4 heteroatoms. The van der Waals surface area contributed by atoms with Crippen molar-refractivity contribution in [2.75, 3.05) is 0 Å². The highest BCUT2D eigenvalue weighted by Gasteiger charge is 2.23. The fraction of sp³-hybridized carbons (Fsp3) is 0.700. The third-order valence-electron chi connectivity index (χ3n) is 2.12. The maximum Gasteiger partial charge on any atom is 0.281 e. The summed E-state index contributed by atoms with van der Waals surface area (Å²) in [6, 6.07) is 0.162. The first-order valence-corrected chi connectivity index (χ1v) is 5.55. The fourth-order valence-electron chi connectivity index (χ4n) is 1.29. The maximum atomic E-state index is 11.8. The lowest BCUT2D eigenvalue weighted by Gasteiger charge is -2.16. The van der Waals surface area contributed by atoms with Gasteiger partial charge in [-0.2, -0.15) is 0 Å². The van der Waals surface area contributed by atoms with E-state index in [9.17, 15) is 4.79 Å².